The highest BCUT2D eigenvalue weighted by molar-refractivity contribution is 5.97. The summed E-state index contributed by atoms with van der Waals surface area (Å²) in [7, 11) is 0. The highest BCUT2D eigenvalue weighted by Gasteiger charge is 2.38. The monoisotopic (exact) mass is 775 g/mol. The molecule has 18 nitrogen and oxygen atoms in total. The number of nitrogens with zero attached hydrogens (tertiary/aromatic N) is 1. The minimum absolute atomic E-state index is 0.0317. The van der Waals surface area contributed by atoms with Gasteiger partial charge in [-0.05, 0) is 61.6 Å². The Morgan fingerprint density at radius 3 is 1.76 bits per heavy atom. The third-order valence-corrected chi connectivity index (χ3v) is 9.36. The fourth-order valence-electron chi connectivity index (χ4n) is 5.88. The lowest BCUT2D eigenvalue weighted by Crippen LogP contribution is -2.61. The van der Waals surface area contributed by atoms with E-state index >= 15 is 0 Å². The number of nitrogens with two attached hydrogens (primary N) is 1. The van der Waals surface area contributed by atoms with Crippen molar-refractivity contribution in [1.29, 1.82) is 0 Å². The first kappa shape index (κ1) is 45.9. The SMILES string of the molecule is CC(C)[C@H](N)C(=O)N1CCC[C@H]1C(=O)N[C@@H](C)C(=O)N[C@@H](Cc1ccc(O)cc1)C(=O)N[C@H](C(=O)N[C@H](C(=O)N[C@@H](CCC(=O)O)C(=O)O)C(C)C)C(C)C. The molecule has 10 N–H and O–H groups in total. The van der Waals surface area contributed by atoms with Crippen molar-refractivity contribution in [3.8, 4) is 5.75 Å². The lowest BCUT2D eigenvalue weighted by atomic mass is 9.98. The molecular formula is C37H57N7O11. The maximum absolute atomic E-state index is 13.9. The molecule has 0 spiro atoms. The van der Waals surface area contributed by atoms with E-state index in [4.69, 9.17) is 10.8 Å². The summed E-state index contributed by atoms with van der Waals surface area (Å²) >= 11 is 0. The number of nitrogens with one attached hydrogen (secondary N) is 5. The number of phenolic OH excluding ortho intramolecular Hbond substituents is 1. The lowest BCUT2D eigenvalue weighted by molar-refractivity contribution is -0.143. The molecule has 1 aliphatic heterocycles. The van der Waals surface area contributed by atoms with E-state index in [1.165, 1.54) is 24.0 Å². The van der Waals surface area contributed by atoms with Crippen LogP contribution in [0, 0.1) is 17.8 Å². The second-order valence-electron chi connectivity index (χ2n) is 14.9. The van der Waals surface area contributed by atoms with Gasteiger partial charge >= 0.3 is 11.9 Å². The number of carbonyl (C=O) groups excluding carboxylic acids is 6. The highest BCUT2D eigenvalue weighted by Crippen LogP contribution is 2.20. The van der Waals surface area contributed by atoms with Crippen LogP contribution in [0.1, 0.15) is 79.7 Å². The van der Waals surface area contributed by atoms with Crippen LogP contribution in [0.4, 0.5) is 0 Å². The highest BCUT2D eigenvalue weighted by atomic mass is 16.4. The van der Waals surface area contributed by atoms with Crippen molar-refractivity contribution in [2.45, 2.75) is 123 Å². The number of rotatable bonds is 20. The van der Waals surface area contributed by atoms with Crippen molar-refractivity contribution < 1.29 is 53.7 Å². The number of aromatic hydroxyl groups is 1. The van der Waals surface area contributed by atoms with Gasteiger partial charge in [-0.3, -0.25) is 33.6 Å². The number of aliphatic carboxylic acids is 2. The van der Waals surface area contributed by atoms with Gasteiger partial charge in [-0.25, -0.2) is 4.79 Å². The molecule has 0 bridgehead atoms. The summed E-state index contributed by atoms with van der Waals surface area (Å²) in [5.74, 6) is -8.07. The molecule has 1 heterocycles. The van der Waals surface area contributed by atoms with Crippen LogP contribution < -0.4 is 32.3 Å². The topological polar surface area (TPSA) is 287 Å². The van der Waals surface area contributed by atoms with Gasteiger partial charge in [-0.1, -0.05) is 53.7 Å². The normalized spacial score (nSPS) is 17.4. The van der Waals surface area contributed by atoms with Crippen molar-refractivity contribution in [3.05, 3.63) is 29.8 Å². The Kier molecular flexibility index (Phi) is 17.5. The van der Waals surface area contributed by atoms with Crippen molar-refractivity contribution in [1.82, 2.24) is 31.5 Å². The van der Waals surface area contributed by atoms with E-state index in [0.717, 1.165) is 0 Å². The molecule has 0 aromatic heterocycles. The van der Waals surface area contributed by atoms with E-state index < -0.39 is 102 Å². The number of carboxylic acids is 2. The van der Waals surface area contributed by atoms with E-state index in [9.17, 15) is 48.6 Å². The Morgan fingerprint density at radius 1 is 0.727 bits per heavy atom. The van der Waals surface area contributed by atoms with E-state index in [0.29, 0.717) is 24.9 Å². The van der Waals surface area contributed by atoms with Crippen molar-refractivity contribution >= 4 is 47.4 Å². The lowest BCUT2D eigenvalue weighted by Gasteiger charge is -2.30. The third-order valence-electron chi connectivity index (χ3n) is 9.36. The molecule has 0 saturated carbocycles. The van der Waals surface area contributed by atoms with Gasteiger partial charge in [0.25, 0.3) is 0 Å². The number of carbonyl (C=O) groups is 8. The standard InChI is InChI=1S/C37H57N7O11/c1-18(2)28(38)36(53)44-16-8-9-26(44)33(50)39-21(7)31(48)41-25(17-22-10-12-23(45)13-11-22)32(49)42-30(20(5)6)35(52)43-29(19(3)4)34(51)40-24(37(54)55)14-15-27(46)47/h10-13,18-21,24-26,28-30,45H,8-9,14-17,38H2,1-7H3,(H,39,50)(H,40,51)(H,41,48)(H,42,49)(H,43,52)(H,46,47)(H,54,55)/t21-,24-,25-,26-,28-,29-,30-/m0/s1. The number of likely N-dealkylation sites (tertiary alicyclic amines) is 1. The first-order valence-electron chi connectivity index (χ1n) is 18.4. The van der Waals surface area contributed by atoms with Crippen LogP contribution in [-0.2, 0) is 44.8 Å². The molecule has 306 valence electrons. The van der Waals surface area contributed by atoms with Crippen molar-refractivity contribution in [2.24, 2.45) is 23.5 Å². The third kappa shape index (κ3) is 13.8. The van der Waals surface area contributed by atoms with Crippen LogP contribution in [0.2, 0.25) is 0 Å². The van der Waals surface area contributed by atoms with E-state index in [1.807, 2.05) is 0 Å². The predicted octanol–water partition coefficient (Wildman–Crippen LogP) is -0.386. The molecular weight excluding hydrogens is 718 g/mol. The molecule has 6 amide bonds. The second kappa shape index (κ2) is 21.0. The zero-order chi connectivity index (χ0) is 41.7. The zero-order valence-corrected chi connectivity index (χ0v) is 32.5. The molecule has 1 aromatic carbocycles. The maximum atomic E-state index is 13.9. The molecule has 0 aliphatic carbocycles. The quantitative estimate of drug-likeness (QED) is 0.0819. The molecule has 1 saturated heterocycles. The second-order valence-corrected chi connectivity index (χ2v) is 14.9. The smallest absolute Gasteiger partial charge is 0.326 e. The number of phenols is 1. The molecule has 1 aromatic rings. The van der Waals surface area contributed by atoms with Crippen LogP contribution in [0.15, 0.2) is 24.3 Å². The first-order chi connectivity index (χ1) is 25.6. The fourth-order valence-corrected chi connectivity index (χ4v) is 5.88. The van der Waals surface area contributed by atoms with Crippen LogP contribution >= 0.6 is 0 Å². The number of amides is 6. The number of hydrogen-bond acceptors (Lipinski definition) is 10. The Balaban J connectivity index is 2.25. The summed E-state index contributed by atoms with van der Waals surface area (Å²) in [6.45, 7) is 11.8. The van der Waals surface area contributed by atoms with Gasteiger partial charge in [0.1, 0.15) is 42.0 Å². The minimum Gasteiger partial charge on any atom is -0.508 e. The Bertz CT molecular complexity index is 1550. The summed E-state index contributed by atoms with van der Waals surface area (Å²) in [6.07, 6.45) is -0.0363. The summed E-state index contributed by atoms with van der Waals surface area (Å²) in [4.78, 5) is 104. The fraction of sp³-hybridized carbons (Fsp3) is 0.622. The Morgan fingerprint density at radius 2 is 1.25 bits per heavy atom. The van der Waals surface area contributed by atoms with Gasteiger partial charge < -0.3 is 52.5 Å². The zero-order valence-electron chi connectivity index (χ0n) is 32.5. The van der Waals surface area contributed by atoms with Crippen LogP contribution in [0.3, 0.4) is 0 Å². The number of hydrogen-bond donors (Lipinski definition) is 9. The minimum atomic E-state index is -1.53. The van der Waals surface area contributed by atoms with E-state index in [2.05, 4.69) is 26.6 Å². The molecule has 7 atom stereocenters. The maximum Gasteiger partial charge on any atom is 0.326 e. The van der Waals surface area contributed by atoms with Gasteiger partial charge in [0.15, 0.2) is 0 Å². The molecule has 0 unspecified atom stereocenters. The average molecular weight is 776 g/mol. The molecule has 1 aliphatic rings. The molecule has 1 fully saturated rings. The van der Waals surface area contributed by atoms with Gasteiger partial charge in [0.2, 0.25) is 35.4 Å². The van der Waals surface area contributed by atoms with Gasteiger partial charge in [0, 0.05) is 19.4 Å². The molecule has 2 rings (SSSR count). The summed E-state index contributed by atoms with van der Waals surface area (Å²) < 4.78 is 0. The van der Waals surface area contributed by atoms with E-state index in [-0.39, 0.29) is 30.4 Å². The summed E-state index contributed by atoms with van der Waals surface area (Å²) in [5.41, 5.74) is 6.59. The van der Waals surface area contributed by atoms with Crippen LogP contribution in [0.25, 0.3) is 0 Å². The van der Waals surface area contributed by atoms with Gasteiger partial charge in [-0.15, -0.1) is 0 Å². The largest absolute Gasteiger partial charge is 0.508 e. The summed E-state index contributed by atoms with van der Waals surface area (Å²) in [6, 6.07) is -2.23. The average Bonchev–Trinajstić information content (AvgIpc) is 3.60. The van der Waals surface area contributed by atoms with Gasteiger partial charge in [0.05, 0.1) is 6.04 Å². The molecule has 0 radical (unpaired) electrons. The van der Waals surface area contributed by atoms with Crippen molar-refractivity contribution in [3.63, 3.8) is 0 Å². The molecule has 18 heteroatoms. The summed E-state index contributed by atoms with van der Waals surface area (Å²) in [5, 5.41) is 41.0. The first-order valence-corrected chi connectivity index (χ1v) is 18.4. The van der Waals surface area contributed by atoms with Gasteiger partial charge in [-0.2, -0.15) is 0 Å². The number of benzene rings is 1. The Hall–Kier alpha value is -5.26. The Labute approximate surface area is 320 Å². The molecule has 55 heavy (non-hydrogen) atoms. The van der Waals surface area contributed by atoms with Crippen LogP contribution in [-0.4, -0.2) is 116 Å². The van der Waals surface area contributed by atoms with Crippen LogP contribution in [0.5, 0.6) is 5.75 Å². The predicted molar refractivity (Wildman–Crippen MR) is 199 cm³/mol. The van der Waals surface area contributed by atoms with Crippen molar-refractivity contribution in [2.75, 3.05) is 6.54 Å². The number of carboxylic acid groups (broad SMARTS) is 2. The van der Waals surface area contributed by atoms with E-state index in [1.54, 1.807) is 53.7 Å².